The van der Waals surface area contributed by atoms with Gasteiger partial charge in [-0.05, 0) is 55.8 Å². The summed E-state index contributed by atoms with van der Waals surface area (Å²) in [6.07, 6.45) is 3.89. The molecule has 4 rings (SSSR count). The number of benzene rings is 2. The van der Waals surface area contributed by atoms with Crippen LogP contribution in [0.4, 0.5) is 0 Å². The van der Waals surface area contributed by atoms with Crippen molar-refractivity contribution in [1.29, 1.82) is 5.41 Å². The van der Waals surface area contributed by atoms with Crippen molar-refractivity contribution in [3.8, 4) is 0 Å². The highest BCUT2D eigenvalue weighted by atomic mass is 16.2. The number of nitrogens with one attached hydrogen (secondary N) is 1. The van der Waals surface area contributed by atoms with E-state index in [4.69, 9.17) is 16.9 Å². The summed E-state index contributed by atoms with van der Waals surface area (Å²) < 4.78 is 2.10. The molecule has 1 saturated heterocycles. The molecule has 1 amide bonds. The number of nitrogen functional groups attached to an aromatic ring is 1. The van der Waals surface area contributed by atoms with Gasteiger partial charge in [0.05, 0.1) is 0 Å². The fraction of sp³-hybridized carbons (Fsp3) is 0.360. The van der Waals surface area contributed by atoms with Gasteiger partial charge in [0, 0.05) is 36.1 Å². The van der Waals surface area contributed by atoms with Crippen LogP contribution in [0.25, 0.3) is 10.9 Å². The molecule has 162 valence electrons. The SMILES string of the molecule is N=C(N)c1ccc2cc(C(=O)N3CCC(CCN)CC3)n(CCc3ccccc3)c2c1. The Labute approximate surface area is 183 Å². The van der Waals surface area contributed by atoms with Crippen LogP contribution in [-0.2, 0) is 13.0 Å². The lowest BCUT2D eigenvalue weighted by Crippen LogP contribution is -2.39. The quantitative estimate of drug-likeness (QED) is 0.406. The van der Waals surface area contributed by atoms with Crippen LogP contribution < -0.4 is 11.5 Å². The van der Waals surface area contributed by atoms with Crippen molar-refractivity contribution in [3.05, 3.63) is 71.4 Å². The molecule has 2 heterocycles. The maximum atomic E-state index is 13.5. The zero-order valence-corrected chi connectivity index (χ0v) is 17.9. The van der Waals surface area contributed by atoms with E-state index in [0.29, 0.717) is 30.3 Å². The summed E-state index contributed by atoms with van der Waals surface area (Å²) in [5.74, 6) is 0.739. The van der Waals surface area contributed by atoms with Crippen molar-refractivity contribution < 1.29 is 4.79 Å². The third-order valence-electron chi connectivity index (χ3n) is 6.38. The largest absolute Gasteiger partial charge is 0.384 e. The van der Waals surface area contributed by atoms with E-state index in [1.807, 2.05) is 47.4 Å². The Bertz CT molecular complexity index is 1060. The second-order valence-electron chi connectivity index (χ2n) is 8.42. The minimum atomic E-state index is 0.0348. The molecule has 0 aliphatic carbocycles. The monoisotopic (exact) mass is 417 g/mol. The third-order valence-corrected chi connectivity index (χ3v) is 6.38. The molecule has 0 saturated carbocycles. The lowest BCUT2D eigenvalue weighted by molar-refractivity contribution is 0.0677. The molecule has 0 bridgehead atoms. The average molecular weight is 418 g/mol. The first kappa shape index (κ1) is 21.1. The topological polar surface area (TPSA) is 101 Å². The normalized spacial score (nSPS) is 14.8. The number of piperidine rings is 1. The van der Waals surface area contributed by atoms with Gasteiger partial charge in [0.25, 0.3) is 5.91 Å². The van der Waals surface area contributed by atoms with Crippen molar-refractivity contribution in [1.82, 2.24) is 9.47 Å². The van der Waals surface area contributed by atoms with E-state index >= 15 is 0 Å². The summed E-state index contributed by atoms with van der Waals surface area (Å²) >= 11 is 0. The van der Waals surface area contributed by atoms with Gasteiger partial charge in [0.1, 0.15) is 11.5 Å². The van der Waals surface area contributed by atoms with Crippen molar-refractivity contribution >= 4 is 22.6 Å². The van der Waals surface area contributed by atoms with Crippen molar-refractivity contribution in [2.45, 2.75) is 32.2 Å². The Balaban J connectivity index is 1.64. The third kappa shape index (κ3) is 4.64. The van der Waals surface area contributed by atoms with E-state index in [-0.39, 0.29) is 11.7 Å². The van der Waals surface area contributed by atoms with Crippen LogP contribution in [0.5, 0.6) is 0 Å². The maximum absolute atomic E-state index is 13.5. The van der Waals surface area contributed by atoms with Crippen LogP contribution in [0, 0.1) is 11.3 Å². The minimum absolute atomic E-state index is 0.0348. The number of nitrogens with zero attached hydrogens (tertiary/aromatic N) is 2. The van der Waals surface area contributed by atoms with Crippen molar-refractivity contribution in [2.24, 2.45) is 17.4 Å². The van der Waals surface area contributed by atoms with E-state index in [2.05, 4.69) is 16.7 Å². The summed E-state index contributed by atoms with van der Waals surface area (Å²) in [5, 5.41) is 8.81. The fourth-order valence-corrected chi connectivity index (χ4v) is 4.55. The van der Waals surface area contributed by atoms with Gasteiger partial charge in [-0.1, -0.05) is 42.5 Å². The van der Waals surface area contributed by atoms with Gasteiger partial charge >= 0.3 is 0 Å². The smallest absolute Gasteiger partial charge is 0.270 e. The zero-order valence-electron chi connectivity index (χ0n) is 17.9. The maximum Gasteiger partial charge on any atom is 0.270 e. The number of fused-ring (bicyclic) bond motifs is 1. The van der Waals surface area contributed by atoms with Crippen LogP contribution in [0.2, 0.25) is 0 Å². The van der Waals surface area contributed by atoms with Crippen LogP contribution in [0.15, 0.2) is 54.6 Å². The number of carbonyl (C=O) groups is 1. The van der Waals surface area contributed by atoms with Gasteiger partial charge < -0.3 is 20.9 Å². The first-order valence-corrected chi connectivity index (χ1v) is 11.1. The number of carbonyl (C=O) groups excluding carboxylic acids is 1. The molecule has 3 aromatic rings. The predicted molar refractivity (Wildman–Crippen MR) is 125 cm³/mol. The average Bonchev–Trinajstić information content (AvgIpc) is 3.16. The molecular formula is C25H31N5O. The molecule has 1 aliphatic rings. The molecule has 0 spiro atoms. The number of amidine groups is 1. The Kier molecular flexibility index (Phi) is 6.37. The first-order chi connectivity index (χ1) is 15.1. The number of aryl methyl sites for hydroxylation is 2. The Morgan fingerprint density at radius 3 is 2.48 bits per heavy atom. The minimum Gasteiger partial charge on any atom is -0.384 e. The summed E-state index contributed by atoms with van der Waals surface area (Å²) in [4.78, 5) is 15.5. The van der Waals surface area contributed by atoms with Gasteiger partial charge in [-0.3, -0.25) is 10.2 Å². The van der Waals surface area contributed by atoms with E-state index in [1.165, 1.54) is 5.56 Å². The molecule has 1 aromatic heterocycles. The molecule has 6 heteroatoms. The molecule has 0 radical (unpaired) electrons. The number of likely N-dealkylation sites (tertiary alicyclic amines) is 1. The first-order valence-electron chi connectivity index (χ1n) is 11.1. The van der Waals surface area contributed by atoms with Crippen molar-refractivity contribution in [2.75, 3.05) is 19.6 Å². The van der Waals surface area contributed by atoms with Crippen LogP contribution >= 0.6 is 0 Å². The Morgan fingerprint density at radius 2 is 1.81 bits per heavy atom. The second kappa shape index (κ2) is 9.35. The van der Waals surface area contributed by atoms with Gasteiger partial charge in [0.15, 0.2) is 0 Å². The highest BCUT2D eigenvalue weighted by Gasteiger charge is 2.26. The van der Waals surface area contributed by atoms with E-state index < -0.39 is 0 Å². The summed E-state index contributed by atoms with van der Waals surface area (Å²) in [5.41, 5.74) is 15.0. The van der Waals surface area contributed by atoms with E-state index in [1.54, 1.807) is 0 Å². The summed E-state index contributed by atoms with van der Waals surface area (Å²) in [6, 6.07) is 18.0. The zero-order chi connectivity index (χ0) is 21.8. The number of rotatable bonds is 7. The molecule has 5 N–H and O–H groups in total. The van der Waals surface area contributed by atoms with Crippen molar-refractivity contribution in [3.63, 3.8) is 0 Å². The van der Waals surface area contributed by atoms with Crippen LogP contribution in [0.1, 0.15) is 40.9 Å². The summed E-state index contributed by atoms with van der Waals surface area (Å²) in [6.45, 7) is 2.97. The lowest BCUT2D eigenvalue weighted by atomic mass is 9.93. The Hall–Kier alpha value is -3.12. The molecule has 0 unspecified atom stereocenters. The number of hydrogen-bond donors (Lipinski definition) is 3. The number of nitrogens with two attached hydrogens (primary N) is 2. The van der Waals surface area contributed by atoms with Crippen LogP contribution in [-0.4, -0.2) is 40.8 Å². The number of hydrogen-bond acceptors (Lipinski definition) is 3. The van der Waals surface area contributed by atoms with Gasteiger partial charge in [-0.2, -0.15) is 0 Å². The molecular weight excluding hydrogens is 386 g/mol. The molecule has 6 nitrogen and oxygen atoms in total. The summed E-state index contributed by atoms with van der Waals surface area (Å²) in [7, 11) is 0. The standard InChI is InChI=1S/C25H31N5O/c26-12-8-19-9-13-29(14-10-19)25(31)23-16-20-6-7-21(24(27)28)17-22(20)30(23)15-11-18-4-2-1-3-5-18/h1-7,16-17,19H,8-15,26H2,(H3,27,28). The number of aromatic nitrogens is 1. The van der Waals surface area contributed by atoms with E-state index in [0.717, 1.165) is 49.7 Å². The highest BCUT2D eigenvalue weighted by molar-refractivity contribution is 6.02. The molecule has 0 atom stereocenters. The Morgan fingerprint density at radius 1 is 1.06 bits per heavy atom. The predicted octanol–water partition coefficient (Wildman–Crippen LogP) is 3.37. The van der Waals surface area contributed by atoms with Gasteiger partial charge in [-0.25, -0.2) is 0 Å². The van der Waals surface area contributed by atoms with E-state index in [9.17, 15) is 4.79 Å². The number of amides is 1. The molecule has 31 heavy (non-hydrogen) atoms. The molecule has 2 aromatic carbocycles. The molecule has 1 aliphatic heterocycles. The molecule has 1 fully saturated rings. The van der Waals surface area contributed by atoms with Crippen LogP contribution in [0.3, 0.4) is 0 Å². The highest BCUT2D eigenvalue weighted by Crippen LogP contribution is 2.26. The van der Waals surface area contributed by atoms with Gasteiger partial charge in [-0.15, -0.1) is 0 Å². The van der Waals surface area contributed by atoms with Gasteiger partial charge in [0.2, 0.25) is 0 Å². The lowest BCUT2D eigenvalue weighted by Gasteiger charge is -2.32. The fourth-order valence-electron chi connectivity index (χ4n) is 4.55. The second-order valence-corrected chi connectivity index (χ2v) is 8.42.